The first-order valence-electron chi connectivity index (χ1n) is 8.70. The number of carbonyl (C=O) groups excluding carboxylic acids is 1. The molecule has 1 aliphatic carbocycles. The standard InChI is InChI=1S/C18H16ClF3N4O3S/c19-15-10(3-1-9-2-4-13(30-9)14(29)18(20,21)22)16(26-17(23)25-15)24-11-5-8(7-27)6-12(11)28/h2,4,8,11-12,27-28H,5-7H2,(H3,23,24,25,26)/t8-,11+,12+/m0/s1. The Hall–Kier alpha value is -2.39. The number of Topliss-reactive ketones (excluding diaryl/α,β-unsaturated/α-hetero) is 1. The Morgan fingerprint density at radius 3 is 2.70 bits per heavy atom. The number of aliphatic hydroxyl groups is 2. The van der Waals surface area contributed by atoms with E-state index >= 15 is 0 Å². The summed E-state index contributed by atoms with van der Waals surface area (Å²) in [6.07, 6.45) is -4.80. The molecule has 1 saturated carbocycles. The van der Waals surface area contributed by atoms with Crippen molar-refractivity contribution in [1.29, 1.82) is 0 Å². The number of aromatic nitrogens is 2. The van der Waals surface area contributed by atoms with Gasteiger partial charge in [0.15, 0.2) is 5.15 Å². The lowest BCUT2D eigenvalue weighted by Crippen LogP contribution is -2.29. The Balaban J connectivity index is 1.87. The number of rotatable bonds is 4. The van der Waals surface area contributed by atoms with Gasteiger partial charge in [0.2, 0.25) is 5.95 Å². The minimum atomic E-state index is -4.96. The third-order valence-electron chi connectivity index (χ3n) is 4.49. The molecule has 2 aromatic heterocycles. The molecule has 0 aromatic carbocycles. The number of carbonyl (C=O) groups is 1. The number of hydrogen-bond donors (Lipinski definition) is 4. The topological polar surface area (TPSA) is 121 Å². The van der Waals surface area contributed by atoms with Crippen LogP contribution < -0.4 is 11.1 Å². The molecule has 0 aliphatic heterocycles. The number of nitrogen functional groups attached to an aromatic ring is 1. The van der Waals surface area contributed by atoms with Crippen LogP contribution in [0.5, 0.6) is 0 Å². The molecule has 0 radical (unpaired) electrons. The van der Waals surface area contributed by atoms with Gasteiger partial charge in [-0.2, -0.15) is 23.1 Å². The predicted molar refractivity (Wildman–Crippen MR) is 105 cm³/mol. The van der Waals surface area contributed by atoms with E-state index < -0.39 is 29.0 Å². The molecule has 12 heteroatoms. The molecule has 30 heavy (non-hydrogen) atoms. The lowest BCUT2D eigenvalue weighted by molar-refractivity contribution is -0.0882. The molecular formula is C18H16ClF3N4O3S. The van der Waals surface area contributed by atoms with E-state index in [1.165, 1.54) is 6.07 Å². The fourth-order valence-electron chi connectivity index (χ4n) is 3.05. The van der Waals surface area contributed by atoms with Gasteiger partial charge in [-0.25, -0.2) is 0 Å². The molecule has 1 aliphatic rings. The van der Waals surface area contributed by atoms with Gasteiger partial charge in [0, 0.05) is 6.61 Å². The first-order valence-corrected chi connectivity index (χ1v) is 9.89. The highest BCUT2D eigenvalue weighted by Gasteiger charge is 2.40. The van der Waals surface area contributed by atoms with Crippen LogP contribution >= 0.6 is 22.9 Å². The van der Waals surface area contributed by atoms with Gasteiger partial charge < -0.3 is 21.3 Å². The van der Waals surface area contributed by atoms with E-state index in [0.717, 1.165) is 6.07 Å². The van der Waals surface area contributed by atoms with Crippen molar-refractivity contribution in [2.75, 3.05) is 17.7 Å². The molecule has 0 saturated heterocycles. The van der Waals surface area contributed by atoms with Crippen LogP contribution in [0, 0.1) is 17.8 Å². The number of hydrogen-bond acceptors (Lipinski definition) is 8. The summed E-state index contributed by atoms with van der Waals surface area (Å²) in [5.41, 5.74) is 5.78. The summed E-state index contributed by atoms with van der Waals surface area (Å²) in [5.74, 6) is 3.35. The highest BCUT2D eigenvalue weighted by Crippen LogP contribution is 2.30. The maximum atomic E-state index is 12.5. The van der Waals surface area contributed by atoms with Gasteiger partial charge in [0.25, 0.3) is 5.78 Å². The molecule has 0 spiro atoms. The van der Waals surface area contributed by atoms with Crippen LogP contribution in [0.1, 0.15) is 33.0 Å². The van der Waals surface area contributed by atoms with E-state index in [1.807, 2.05) is 0 Å². The largest absolute Gasteiger partial charge is 0.455 e. The molecule has 0 bridgehead atoms. The van der Waals surface area contributed by atoms with Crippen molar-refractivity contribution in [2.24, 2.45) is 5.92 Å². The third kappa shape index (κ3) is 5.02. The lowest BCUT2D eigenvalue weighted by atomic mass is 10.1. The summed E-state index contributed by atoms with van der Waals surface area (Å²) in [5, 5.41) is 22.4. The van der Waals surface area contributed by atoms with Crippen molar-refractivity contribution in [3.8, 4) is 11.8 Å². The van der Waals surface area contributed by atoms with Crippen LogP contribution in [-0.4, -0.2) is 50.9 Å². The monoisotopic (exact) mass is 460 g/mol. The third-order valence-corrected chi connectivity index (χ3v) is 5.76. The Kier molecular flexibility index (Phi) is 6.52. The number of nitrogens with two attached hydrogens (primary N) is 1. The zero-order valence-corrected chi connectivity index (χ0v) is 16.8. The first kappa shape index (κ1) is 22.3. The van der Waals surface area contributed by atoms with E-state index in [2.05, 4.69) is 27.1 Å². The second kappa shape index (κ2) is 8.77. The number of nitrogens with one attached hydrogen (secondary N) is 1. The Morgan fingerprint density at radius 1 is 1.33 bits per heavy atom. The minimum Gasteiger partial charge on any atom is -0.396 e. The van der Waals surface area contributed by atoms with Crippen molar-refractivity contribution < 1.29 is 28.2 Å². The molecule has 5 N–H and O–H groups in total. The quantitative estimate of drug-likeness (QED) is 0.314. The van der Waals surface area contributed by atoms with Gasteiger partial charge in [-0.15, -0.1) is 11.3 Å². The zero-order chi connectivity index (χ0) is 22.1. The van der Waals surface area contributed by atoms with Crippen LogP contribution in [0.4, 0.5) is 24.9 Å². The van der Waals surface area contributed by atoms with Crippen molar-refractivity contribution in [3.63, 3.8) is 0 Å². The summed E-state index contributed by atoms with van der Waals surface area (Å²) in [6, 6.07) is 1.92. The van der Waals surface area contributed by atoms with E-state index in [9.17, 15) is 28.2 Å². The summed E-state index contributed by atoms with van der Waals surface area (Å²) in [7, 11) is 0. The summed E-state index contributed by atoms with van der Waals surface area (Å²) >= 11 is 6.72. The fourth-order valence-corrected chi connectivity index (χ4v) is 4.10. The minimum absolute atomic E-state index is 0.0636. The number of aliphatic hydroxyl groups excluding tert-OH is 2. The number of halogens is 4. The number of anilines is 2. The van der Waals surface area contributed by atoms with Gasteiger partial charge in [-0.1, -0.05) is 23.4 Å². The molecule has 1 fully saturated rings. The maximum absolute atomic E-state index is 12.5. The van der Waals surface area contributed by atoms with Crippen molar-refractivity contribution in [3.05, 3.63) is 32.6 Å². The SMILES string of the molecule is Nc1nc(Cl)c(C#Cc2ccc(C(=O)C(F)(F)F)s2)c(N[C@@H]2C[C@H](CO)C[C@H]2O)n1. The number of ketones is 1. The summed E-state index contributed by atoms with van der Waals surface area (Å²) in [4.78, 5) is 18.9. The van der Waals surface area contributed by atoms with E-state index in [-0.39, 0.29) is 39.9 Å². The average Bonchev–Trinajstić information content (AvgIpc) is 3.26. The van der Waals surface area contributed by atoms with Gasteiger partial charge in [0.1, 0.15) is 11.4 Å². The van der Waals surface area contributed by atoms with E-state index in [4.69, 9.17) is 17.3 Å². The predicted octanol–water partition coefficient (Wildman–Crippen LogP) is 2.46. The Morgan fingerprint density at radius 2 is 2.07 bits per heavy atom. The number of nitrogens with zero attached hydrogens (tertiary/aromatic N) is 2. The van der Waals surface area contributed by atoms with Crippen LogP contribution in [0.15, 0.2) is 12.1 Å². The van der Waals surface area contributed by atoms with E-state index in [0.29, 0.717) is 24.2 Å². The molecule has 3 atom stereocenters. The molecule has 0 unspecified atom stereocenters. The van der Waals surface area contributed by atoms with Crippen LogP contribution in [0.25, 0.3) is 0 Å². The molecule has 160 valence electrons. The Labute approximate surface area is 178 Å². The number of alkyl halides is 3. The Bertz CT molecular complexity index is 1020. The van der Waals surface area contributed by atoms with Gasteiger partial charge in [-0.05, 0) is 30.9 Å². The fraction of sp³-hybridized carbons (Fsp3) is 0.389. The average molecular weight is 461 g/mol. The summed E-state index contributed by atoms with van der Waals surface area (Å²) in [6.45, 7) is -0.0636. The van der Waals surface area contributed by atoms with Gasteiger partial charge in [0.05, 0.1) is 21.9 Å². The van der Waals surface area contributed by atoms with Crippen molar-refractivity contribution in [2.45, 2.75) is 31.2 Å². The molecule has 3 rings (SSSR count). The highest BCUT2D eigenvalue weighted by atomic mass is 35.5. The molecule has 7 nitrogen and oxygen atoms in total. The lowest BCUT2D eigenvalue weighted by Gasteiger charge is -2.18. The molecule has 2 aromatic rings. The smallest absolute Gasteiger partial charge is 0.396 e. The molecule has 2 heterocycles. The second-order valence-corrected chi connectivity index (χ2v) is 8.12. The van der Waals surface area contributed by atoms with Crippen molar-refractivity contribution >= 4 is 40.5 Å². The highest BCUT2D eigenvalue weighted by molar-refractivity contribution is 7.14. The van der Waals surface area contributed by atoms with Crippen LogP contribution in [0.2, 0.25) is 5.15 Å². The first-order chi connectivity index (χ1) is 14.1. The van der Waals surface area contributed by atoms with Gasteiger partial charge in [-0.3, -0.25) is 4.79 Å². The number of thiophene rings is 1. The van der Waals surface area contributed by atoms with Crippen molar-refractivity contribution in [1.82, 2.24) is 9.97 Å². The van der Waals surface area contributed by atoms with Crippen LogP contribution in [-0.2, 0) is 0 Å². The zero-order valence-electron chi connectivity index (χ0n) is 15.2. The van der Waals surface area contributed by atoms with E-state index in [1.54, 1.807) is 0 Å². The normalized spacial score (nSPS) is 21.2. The summed E-state index contributed by atoms with van der Waals surface area (Å²) < 4.78 is 37.6. The maximum Gasteiger partial charge on any atom is 0.455 e. The second-order valence-electron chi connectivity index (χ2n) is 6.68. The van der Waals surface area contributed by atoms with Crippen LogP contribution in [0.3, 0.4) is 0 Å². The van der Waals surface area contributed by atoms with Gasteiger partial charge >= 0.3 is 6.18 Å². The molecular weight excluding hydrogens is 445 g/mol. The molecule has 0 amide bonds.